The van der Waals surface area contributed by atoms with Gasteiger partial charge in [-0.1, -0.05) is 26.8 Å². The van der Waals surface area contributed by atoms with E-state index in [0.717, 1.165) is 41.9 Å². The number of carbonyl (C=O) groups excluding carboxylic acids is 1. The smallest absolute Gasteiger partial charge is 0.326 e. The van der Waals surface area contributed by atoms with Crippen molar-refractivity contribution in [3.63, 3.8) is 0 Å². The Kier molecular flexibility index (Phi) is 8.75. The molecule has 0 aliphatic heterocycles. The summed E-state index contributed by atoms with van der Waals surface area (Å²) in [5.41, 5.74) is 2.21. The molecule has 6 nitrogen and oxygen atoms in total. The lowest BCUT2D eigenvalue weighted by Gasteiger charge is -2.19. The molecule has 0 aliphatic rings. The second kappa shape index (κ2) is 11.5. The van der Waals surface area contributed by atoms with Crippen LogP contribution in [0.4, 0.5) is 0 Å². The Morgan fingerprint density at radius 3 is 2.62 bits per heavy atom. The fourth-order valence-electron chi connectivity index (χ4n) is 3.89. The van der Waals surface area contributed by atoms with E-state index in [1.807, 2.05) is 19.1 Å². The highest BCUT2D eigenvalue weighted by Gasteiger charge is 2.22. The van der Waals surface area contributed by atoms with Crippen LogP contribution in [0.2, 0.25) is 0 Å². The highest BCUT2D eigenvalue weighted by Crippen LogP contribution is 2.28. The van der Waals surface area contributed by atoms with Gasteiger partial charge in [0.2, 0.25) is 0 Å². The molecule has 1 aromatic carbocycles. The van der Waals surface area contributed by atoms with Crippen LogP contribution in [0.5, 0.6) is 0 Å². The van der Waals surface area contributed by atoms with Crippen LogP contribution in [-0.4, -0.2) is 44.1 Å². The van der Waals surface area contributed by atoms with Crippen molar-refractivity contribution in [2.45, 2.75) is 58.5 Å². The number of carboxylic acid groups (broad SMARTS) is 1. The quantitative estimate of drug-likeness (QED) is 0.345. The number of imidazole rings is 1. The molecule has 172 valence electrons. The van der Waals surface area contributed by atoms with Gasteiger partial charge in [0.1, 0.15) is 11.9 Å². The number of thioether (sulfide) groups is 1. The van der Waals surface area contributed by atoms with Gasteiger partial charge in [-0.25, -0.2) is 9.78 Å². The molecule has 3 rings (SSSR count). The van der Waals surface area contributed by atoms with Crippen LogP contribution in [0.3, 0.4) is 0 Å². The highest BCUT2D eigenvalue weighted by atomic mass is 32.2. The summed E-state index contributed by atoms with van der Waals surface area (Å²) in [4.78, 5) is 30.5. The number of hydrogen-bond donors (Lipinski definition) is 2. The average Bonchev–Trinajstić information content (AvgIpc) is 3.41. The minimum atomic E-state index is -1.01. The van der Waals surface area contributed by atoms with E-state index in [0.29, 0.717) is 23.8 Å². The number of benzene rings is 1. The zero-order chi connectivity index (χ0) is 23.1. The Balaban J connectivity index is 1.90. The number of hydrogen-bond acceptors (Lipinski definition) is 5. The van der Waals surface area contributed by atoms with Crippen LogP contribution in [0.15, 0.2) is 35.7 Å². The predicted molar refractivity (Wildman–Crippen MR) is 133 cm³/mol. The molecule has 1 atom stereocenters. The first-order chi connectivity index (χ1) is 15.5. The summed E-state index contributed by atoms with van der Waals surface area (Å²) in [7, 11) is 0. The summed E-state index contributed by atoms with van der Waals surface area (Å²) in [5.74, 6) is 1.22. The van der Waals surface area contributed by atoms with Gasteiger partial charge >= 0.3 is 5.97 Å². The van der Waals surface area contributed by atoms with Gasteiger partial charge in [0.25, 0.3) is 5.91 Å². The first-order valence-electron chi connectivity index (χ1n) is 11.1. The molecule has 0 bridgehead atoms. The molecule has 0 saturated heterocycles. The molecule has 0 saturated carbocycles. The van der Waals surface area contributed by atoms with Crippen molar-refractivity contribution in [1.29, 1.82) is 0 Å². The summed E-state index contributed by atoms with van der Waals surface area (Å²) >= 11 is 3.38. The van der Waals surface area contributed by atoms with E-state index in [2.05, 4.69) is 35.2 Å². The molecular formula is C24H31N3O3S2. The largest absolute Gasteiger partial charge is 0.480 e. The number of carboxylic acids is 1. The molecule has 1 amide bonds. The van der Waals surface area contributed by atoms with Gasteiger partial charge in [-0.15, -0.1) is 11.3 Å². The highest BCUT2D eigenvalue weighted by molar-refractivity contribution is 7.99. The van der Waals surface area contributed by atoms with Gasteiger partial charge in [0, 0.05) is 22.9 Å². The maximum absolute atomic E-state index is 12.8. The topological polar surface area (TPSA) is 84.2 Å². The monoisotopic (exact) mass is 473 g/mol. The fourth-order valence-corrected chi connectivity index (χ4v) is 5.28. The first-order valence-corrected chi connectivity index (χ1v) is 13.2. The summed E-state index contributed by atoms with van der Waals surface area (Å²) < 4.78 is 2.30. The fraction of sp³-hybridized carbons (Fsp3) is 0.458. The normalized spacial score (nSPS) is 12.4. The summed E-state index contributed by atoms with van der Waals surface area (Å²) in [6.07, 6.45) is 3.14. The Morgan fingerprint density at radius 1 is 1.22 bits per heavy atom. The number of nitrogens with one attached hydrogen (secondary N) is 1. The van der Waals surface area contributed by atoms with Crippen molar-refractivity contribution in [2.75, 3.05) is 11.5 Å². The van der Waals surface area contributed by atoms with Gasteiger partial charge in [-0.2, -0.15) is 11.8 Å². The third kappa shape index (κ3) is 5.72. The van der Waals surface area contributed by atoms with Crippen LogP contribution in [0.25, 0.3) is 11.0 Å². The molecular weight excluding hydrogens is 442 g/mol. The van der Waals surface area contributed by atoms with Gasteiger partial charge < -0.3 is 15.0 Å². The van der Waals surface area contributed by atoms with Crippen molar-refractivity contribution in [3.8, 4) is 0 Å². The summed E-state index contributed by atoms with van der Waals surface area (Å²) in [6, 6.07) is 9.09. The van der Waals surface area contributed by atoms with Crippen LogP contribution >= 0.6 is 23.1 Å². The number of nitrogens with zero attached hydrogens (tertiary/aromatic N) is 2. The third-order valence-corrected chi connectivity index (χ3v) is 7.41. The molecule has 0 aliphatic carbocycles. The molecule has 0 spiro atoms. The second-order valence-corrected chi connectivity index (χ2v) is 10.1. The average molecular weight is 474 g/mol. The number of carbonyl (C=O) groups is 2. The minimum Gasteiger partial charge on any atom is -0.480 e. The lowest BCUT2D eigenvalue weighted by atomic mass is 10.1. The van der Waals surface area contributed by atoms with Crippen molar-refractivity contribution in [2.24, 2.45) is 0 Å². The van der Waals surface area contributed by atoms with E-state index in [1.54, 1.807) is 35.2 Å². The van der Waals surface area contributed by atoms with Crippen LogP contribution < -0.4 is 5.32 Å². The summed E-state index contributed by atoms with van der Waals surface area (Å²) in [6.45, 7) is 6.39. The zero-order valence-corrected chi connectivity index (χ0v) is 20.5. The first kappa shape index (κ1) is 24.3. The van der Waals surface area contributed by atoms with E-state index in [-0.39, 0.29) is 5.91 Å². The molecule has 0 radical (unpaired) electrons. The molecule has 2 heterocycles. The van der Waals surface area contributed by atoms with Gasteiger partial charge in [-0.05, 0) is 60.4 Å². The molecule has 2 N–H and O–H groups in total. The minimum absolute atomic E-state index is 0.335. The summed E-state index contributed by atoms with van der Waals surface area (Å²) in [5, 5.41) is 14.2. The zero-order valence-electron chi connectivity index (χ0n) is 18.8. The molecule has 8 heteroatoms. The van der Waals surface area contributed by atoms with E-state index in [1.165, 1.54) is 4.88 Å². The molecule has 32 heavy (non-hydrogen) atoms. The number of aromatic nitrogens is 2. The molecule has 0 unspecified atom stereocenters. The van der Waals surface area contributed by atoms with E-state index < -0.39 is 12.0 Å². The number of fused-ring (bicyclic) bond motifs is 1. The molecule has 0 fully saturated rings. The van der Waals surface area contributed by atoms with Crippen LogP contribution in [0, 0.1) is 0 Å². The van der Waals surface area contributed by atoms with Crippen molar-refractivity contribution in [3.05, 3.63) is 52.0 Å². The molecule has 2 aromatic heterocycles. The maximum atomic E-state index is 12.8. The van der Waals surface area contributed by atoms with E-state index in [9.17, 15) is 14.7 Å². The Hall–Kier alpha value is -2.32. The van der Waals surface area contributed by atoms with Crippen molar-refractivity contribution in [1.82, 2.24) is 14.9 Å². The number of rotatable bonds is 12. The lowest BCUT2D eigenvalue weighted by Crippen LogP contribution is -2.41. The SMILES string of the molecule is CCSCC[C@H](NC(=O)c1ccc2c(c1)nc(Cc1cccs1)n2C(CC)CC)C(=O)O. The Morgan fingerprint density at radius 2 is 2.00 bits per heavy atom. The lowest BCUT2D eigenvalue weighted by molar-refractivity contribution is -0.139. The molecule has 3 aromatic rings. The van der Waals surface area contributed by atoms with Crippen molar-refractivity contribution >= 4 is 46.0 Å². The maximum Gasteiger partial charge on any atom is 0.326 e. The van der Waals surface area contributed by atoms with E-state index in [4.69, 9.17) is 4.98 Å². The van der Waals surface area contributed by atoms with Gasteiger partial charge in [0.05, 0.1) is 11.0 Å². The third-order valence-electron chi connectivity index (χ3n) is 5.60. The van der Waals surface area contributed by atoms with Crippen LogP contribution in [-0.2, 0) is 11.2 Å². The second-order valence-electron chi connectivity index (χ2n) is 7.68. The Bertz CT molecular complexity index is 1040. The van der Waals surface area contributed by atoms with Crippen LogP contribution in [0.1, 0.15) is 67.1 Å². The van der Waals surface area contributed by atoms with Crippen molar-refractivity contribution < 1.29 is 14.7 Å². The van der Waals surface area contributed by atoms with Gasteiger partial charge in [0.15, 0.2) is 0 Å². The van der Waals surface area contributed by atoms with E-state index >= 15 is 0 Å². The Labute approximate surface area is 197 Å². The van der Waals surface area contributed by atoms with Gasteiger partial charge in [-0.3, -0.25) is 4.79 Å². The predicted octanol–water partition coefficient (Wildman–Crippen LogP) is 5.38. The number of amides is 1. The number of aliphatic carboxylic acids is 1. The standard InChI is InChI=1S/C24H31N3O3S2/c1-4-17(5-2)27-21-10-9-16(23(28)26-19(24(29)30)11-13-31-6-3)14-20(21)25-22(27)15-18-8-7-12-32-18/h7-10,12,14,17,19H,4-6,11,13,15H2,1-3H3,(H,26,28)(H,29,30)/t19-/m0/s1. The number of thiophene rings is 1.